The quantitative estimate of drug-likeness (QED) is 0.825. The molecule has 0 atom stereocenters. The molecule has 0 radical (unpaired) electrons. The number of rotatable bonds is 5. The molecule has 0 aliphatic rings. The van der Waals surface area contributed by atoms with Crippen LogP contribution in [0.2, 0.25) is 0 Å². The standard InChI is InChI=1S/C16H20N2S/c1-18(2)15-10-6-4-8-13(15)12-17-14-9-5-7-11-16(14)19-3/h4-11,17H,12H2,1-3H3. The van der Waals surface area contributed by atoms with Crippen LogP contribution in [-0.4, -0.2) is 20.4 Å². The second kappa shape index (κ2) is 6.53. The topological polar surface area (TPSA) is 15.3 Å². The first-order valence-electron chi connectivity index (χ1n) is 6.34. The Morgan fingerprint density at radius 1 is 1.00 bits per heavy atom. The van der Waals surface area contributed by atoms with Crippen LogP contribution in [0.3, 0.4) is 0 Å². The summed E-state index contributed by atoms with van der Waals surface area (Å²) in [7, 11) is 4.16. The first-order valence-corrected chi connectivity index (χ1v) is 7.57. The van der Waals surface area contributed by atoms with Crippen molar-refractivity contribution in [3.8, 4) is 0 Å². The van der Waals surface area contributed by atoms with Crippen LogP contribution in [-0.2, 0) is 6.54 Å². The van der Waals surface area contributed by atoms with Crippen molar-refractivity contribution in [2.45, 2.75) is 11.4 Å². The minimum Gasteiger partial charge on any atom is -0.380 e. The van der Waals surface area contributed by atoms with E-state index in [4.69, 9.17) is 0 Å². The third kappa shape index (κ3) is 3.44. The average molecular weight is 272 g/mol. The Labute approximate surface area is 119 Å². The summed E-state index contributed by atoms with van der Waals surface area (Å²) in [4.78, 5) is 3.43. The molecule has 0 saturated heterocycles. The molecule has 0 spiro atoms. The lowest BCUT2D eigenvalue weighted by molar-refractivity contribution is 1.06. The second-order valence-electron chi connectivity index (χ2n) is 4.58. The van der Waals surface area contributed by atoms with Gasteiger partial charge in [-0.15, -0.1) is 11.8 Å². The Morgan fingerprint density at radius 3 is 2.42 bits per heavy atom. The van der Waals surface area contributed by atoms with Crippen LogP contribution in [0.25, 0.3) is 0 Å². The lowest BCUT2D eigenvalue weighted by atomic mass is 10.1. The van der Waals surface area contributed by atoms with Gasteiger partial charge in [-0.1, -0.05) is 30.3 Å². The normalized spacial score (nSPS) is 10.3. The summed E-state index contributed by atoms with van der Waals surface area (Å²) in [5.74, 6) is 0. The van der Waals surface area contributed by atoms with Crippen LogP contribution < -0.4 is 10.2 Å². The van der Waals surface area contributed by atoms with Gasteiger partial charge in [-0.25, -0.2) is 0 Å². The zero-order chi connectivity index (χ0) is 13.7. The molecule has 0 saturated carbocycles. The maximum Gasteiger partial charge on any atom is 0.0480 e. The number of hydrogen-bond donors (Lipinski definition) is 1. The van der Waals surface area contributed by atoms with E-state index in [2.05, 4.69) is 79.1 Å². The van der Waals surface area contributed by atoms with E-state index in [0.717, 1.165) is 6.54 Å². The van der Waals surface area contributed by atoms with Gasteiger partial charge in [0.15, 0.2) is 0 Å². The summed E-state index contributed by atoms with van der Waals surface area (Å²) in [5.41, 5.74) is 3.77. The van der Waals surface area contributed by atoms with Crippen LogP contribution in [0.4, 0.5) is 11.4 Å². The number of nitrogens with zero attached hydrogens (tertiary/aromatic N) is 1. The summed E-state index contributed by atoms with van der Waals surface area (Å²) in [5, 5.41) is 3.53. The van der Waals surface area contributed by atoms with Crippen molar-refractivity contribution in [3.05, 3.63) is 54.1 Å². The predicted octanol–water partition coefficient (Wildman–Crippen LogP) is 4.09. The fourth-order valence-electron chi connectivity index (χ4n) is 2.08. The van der Waals surface area contributed by atoms with Crippen molar-refractivity contribution >= 4 is 23.1 Å². The van der Waals surface area contributed by atoms with Gasteiger partial charge in [-0.3, -0.25) is 0 Å². The van der Waals surface area contributed by atoms with E-state index in [1.807, 2.05) is 0 Å². The maximum absolute atomic E-state index is 3.53. The Hall–Kier alpha value is -1.61. The highest BCUT2D eigenvalue weighted by Crippen LogP contribution is 2.26. The van der Waals surface area contributed by atoms with Gasteiger partial charge in [0.05, 0.1) is 0 Å². The molecule has 3 heteroatoms. The molecule has 100 valence electrons. The molecule has 0 amide bonds. The molecule has 2 aromatic carbocycles. The van der Waals surface area contributed by atoms with Crippen LogP contribution in [0, 0.1) is 0 Å². The van der Waals surface area contributed by atoms with Gasteiger partial charge in [0, 0.05) is 36.9 Å². The number of nitrogens with one attached hydrogen (secondary N) is 1. The van der Waals surface area contributed by atoms with Crippen LogP contribution in [0.5, 0.6) is 0 Å². The van der Waals surface area contributed by atoms with E-state index >= 15 is 0 Å². The molecule has 2 rings (SSSR count). The molecule has 0 fully saturated rings. The summed E-state index contributed by atoms with van der Waals surface area (Å²) >= 11 is 1.77. The van der Waals surface area contributed by atoms with Gasteiger partial charge >= 0.3 is 0 Å². The maximum atomic E-state index is 3.53. The van der Waals surface area contributed by atoms with Gasteiger partial charge < -0.3 is 10.2 Å². The summed E-state index contributed by atoms with van der Waals surface area (Å²) in [6.07, 6.45) is 2.11. The lowest BCUT2D eigenvalue weighted by Crippen LogP contribution is -2.13. The molecule has 0 bridgehead atoms. The van der Waals surface area contributed by atoms with Crippen molar-refractivity contribution in [2.24, 2.45) is 0 Å². The van der Waals surface area contributed by atoms with E-state index < -0.39 is 0 Å². The highest BCUT2D eigenvalue weighted by Gasteiger charge is 2.04. The monoisotopic (exact) mass is 272 g/mol. The molecule has 19 heavy (non-hydrogen) atoms. The Balaban J connectivity index is 2.15. The van der Waals surface area contributed by atoms with Crippen LogP contribution >= 0.6 is 11.8 Å². The van der Waals surface area contributed by atoms with Crippen molar-refractivity contribution < 1.29 is 0 Å². The van der Waals surface area contributed by atoms with Crippen molar-refractivity contribution in [1.82, 2.24) is 0 Å². The Kier molecular flexibility index (Phi) is 4.74. The van der Waals surface area contributed by atoms with E-state index in [1.54, 1.807) is 11.8 Å². The molecular weight excluding hydrogens is 252 g/mol. The Morgan fingerprint density at radius 2 is 1.68 bits per heavy atom. The second-order valence-corrected chi connectivity index (χ2v) is 5.43. The average Bonchev–Trinajstić information content (AvgIpc) is 2.45. The first kappa shape index (κ1) is 13.8. The third-order valence-electron chi connectivity index (χ3n) is 3.05. The van der Waals surface area contributed by atoms with Gasteiger partial charge in [0.25, 0.3) is 0 Å². The number of anilines is 2. The Bertz CT molecular complexity index is 538. The molecular formula is C16H20N2S. The minimum absolute atomic E-state index is 0.839. The number of thioether (sulfide) groups is 1. The number of hydrogen-bond acceptors (Lipinski definition) is 3. The summed E-state index contributed by atoms with van der Waals surface area (Å²) in [6, 6.07) is 16.9. The zero-order valence-corrected chi connectivity index (χ0v) is 12.5. The zero-order valence-electron chi connectivity index (χ0n) is 11.7. The lowest BCUT2D eigenvalue weighted by Gasteiger charge is -2.18. The van der Waals surface area contributed by atoms with Crippen LogP contribution in [0.15, 0.2) is 53.4 Å². The third-order valence-corrected chi connectivity index (χ3v) is 3.85. The molecule has 0 aromatic heterocycles. The highest BCUT2D eigenvalue weighted by atomic mass is 32.2. The number of para-hydroxylation sites is 2. The molecule has 2 nitrogen and oxygen atoms in total. The SMILES string of the molecule is CSc1ccccc1NCc1ccccc1N(C)C. The molecule has 0 aliphatic carbocycles. The van der Waals surface area contributed by atoms with Crippen molar-refractivity contribution in [1.29, 1.82) is 0 Å². The van der Waals surface area contributed by atoms with Gasteiger partial charge in [-0.2, -0.15) is 0 Å². The fourth-order valence-corrected chi connectivity index (χ4v) is 2.65. The smallest absolute Gasteiger partial charge is 0.0480 e. The van der Waals surface area contributed by atoms with E-state index in [9.17, 15) is 0 Å². The summed E-state index contributed by atoms with van der Waals surface area (Å²) in [6.45, 7) is 0.839. The van der Waals surface area contributed by atoms with Gasteiger partial charge in [-0.05, 0) is 30.0 Å². The minimum atomic E-state index is 0.839. The molecule has 1 N–H and O–H groups in total. The molecule has 0 heterocycles. The summed E-state index contributed by atoms with van der Waals surface area (Å²) < 4.78 is 0. The first-order chi connectivity index (χ1) is 9.22. The van der Waals surface area contributed by atoms with Gasteiger partial charge in [0.2, 0.25) is 0 Å². The molecule has 0 unspecified atom stereocenters. The van der Waals surface area contributed by atoms with Crippen LogP contribution in [0.1, 0.15) is 5.56 Å². The van der Waals surface area contributed by atoms with E-state index in [0.29, 0.717) is 0 Å². The largest absolute Gasteiger partial charge is 0.380 e. The molecule has 0 aliphatic heterocycles. The fraction of sp³-hybridized carbons (Fsp3) is 0.250. The van der Waals surface area contributed by atoms with E-state index in [-0.39, 0.29) is 0 Å². The van der Waals surface area contributed by atoms with Gasteiger partial charge in [0.1, 0.15) is 0 Å². The molecule has 2 aromatic rings. The van der Waals surface area contributed by atoms with Crippen molar-refractivity contribution in [3.63, 3.8) is 0 Å². The highest BCUT2D eigenvalue weighted by molar-refractivity contribution is 7.98. The van der Waals surface area contributed by atoms with E-state index in [1.165, 1.54) is 21.8 Å². The number of benzene rings is 2. The van der Waals surface area contributed by atoms with Crippen molar-refractivity contribution in [2.75, 3.05) is 30.6 Å². The predicted molar refractivity (Wildman–Crippen MR) is 86.3 cm³/mol.